The van der Waals surface area contributed by atoms with Gasteiger partial charge >= 0.3 is 0 Å². The molecule has 11 nitrogen and oxygen atoms in total. The number of rotatable bonds is 26. The van der Waals surface area contributed by atoms with Crippen LogP contribution in [0.2, 0.25) is 0 Å². The molecular weight excluding hydrogens is 450 g/mol. The van der Waals surface area contributed by atoms with Crippen LogP contribution in [0.1, 0.15) is 39.5 Å². The number of hydrogen-bond donors (Lipinski definition) is 1. The highest BCUT2D eigenvalue weighted by molar-refractivity contribution is 5.79. The maximum absolute atomic E-state index is 11.7. The van der Waals surface area contributed by atoms with Crippen molar-refractivity contribution in [1.82, 2.24) is 5.32 Å². The van der Waals surface area contributed by atoms with Crippen LogP contribution in [-0.2, 0) is 47.6 Å². The van der Waals surface area contributed by atoms with Gasteiger partial charge in [-0.15, -0.1) is 0 Å². The molecule has 0 heterocycles. The number of hydrogen-bond acceptors (Lipinski definition) is 10. The summed E-state index contributed by atoms with van der Waals surface area (Å²) in [5, 5.41) is 2.67. The number of nitrogens with one attached hydrogen (secondary N) is 1. The molecule has 0 unspecified atom stereocenters. The van der Waals surface area contributed by atoms with E-state index in [-0.39, 0.29) is 43.1 Å². The van der Waals surface area contributed by atoms with Crippen LogP contribution in [0, 0.1) is 0 Å². The van der Waals surface area contributed by atoms with Gasteiger partial charge < -0.3 is 38.5 Å². The van der Waals surface area contributed by atoms with Gasteiger partial charge in [0.2, 0.25) is 5.91 Å². The lowest BCUT2D eigenvalue weighted by Gasteiger charge is -2.08. The van der Waals surface area contributed by atoms with Crippen LogP contribution in [-0.4, -0.2) is 109 Å². The zero-order chi connectivity index (χ0) is 25.3. The summed E-state index contributed by atoms with van der Waals surface area (Å²) in [5.41, 5.74) is 0. The Morgan fingerprint density at radius 2 is 1.03 bits per heavy atom. The van der Waals surface area contributed by atoms with Gasteiger partial charge in [0, 0.05) is 32.6 Å². The van der Waals surface area contributed by atoms with E-state index in [1.165, 1.54) is 6.92 Å². The molecule has 34 heavy (non-hydrogen) atoms. The first kappa shape index (κ1) is 32.2. The Morgan fingerprint density at radius 3 is 1.62 bits per heavy atom. The number of ketones is 3. The van der Waals surface area contributed by atoms with E-state index in [0.29, 0.717) is 91.7 Å². The maximum Gasteiger partial charge on any atom is 0.246 e. The van der Waals surface area contributed by atoms with Crippen LogP contribution in [0.4, 0.5) is 0 Å². The van der Waals surface area contributed by atoms with E-state index in [1.54, 1.807) is 6.92 Å². The van der Waals surface area contributed by atoms with E-state index in [4.69, 9.17) is 28.4 Å². The van der Waals surface area contributed by atoms with Crippen molar-refractivity contribution in [3.05, 3.63) is 0 Å². The normalized spacial score (nSPS) is 10.9. The molecule has 1 N–H and O–H groups in total. The zero-order valence-electron chi connectivity index (χ0n) is 20.6. The summed E-state index contributed by atoms with van der Waals surface area (Å²) < 4.78 is 31.5. The van der Waals surface area contributed by atoms with Crippen LogP contribution in [0.15, 0.2) is 0 Å². The molecule has 0 saturated heterocycles. The van der Waals surface area contributed by atoms with Crippen molar-refractivity contribution >= 4 is 23.3 Å². The fourth-order valence-electron chi connectivity index (χ4n) is 2.41. The summed E-state index contributed by atoms with van der Waals surface area (Å²) in [6.45, 7) is 6.75. The monoisotopic (exact) mass is 491 g/mol. The SMILES string of the molecule is CC(=O)CCCOCCOCC(=O)NCCOCCOCC(=O)CCCOCCOCC(C)=O. The third-order valence-electron chi connectivity index (χ3n) is 4.05. The molecule has 198 valence electrons. The van der Waals surface area contributed by atoms with Crippen molar-refractivity contribution in [3.8, 4) is 0 Å². The van der Waals surface area contributed by atoms with Gasteiger partial charge in [0.05, 0.1) is 46.2 Å². The Hall–Kier alpha value is -1.76. The Kier molecular flexibility index (Phi) is 23.1. The van der Waals surface area contributed by atoms with Gasteiger partial charge in [-0.25, -0.2) is 0 Å². The maximum atomic E-state index is 11.7. The second kappa shape index (κ2) is 24.4. The lowest BCUT2D eigenvalue weighted by molar-refractivity contribution is -0.127. The van der Waals surface area contributed by atoms with E-state index < -0.39 is 0 Å². The third kappa shape index (κ3) is 26.5. The van der Waals surface area contributed by atoms with Crippen molar-refractivity contribution in [2.24, 2.45) is 0 Å². The molecule has 0 aromatic rings. The molecule has 1 amide bonds. The summed E-state index contributed by atoms with van der Waals surface area (Å²) >= 11 is 0. The van der Waals surface area contributed by atoms with E-state index in [1.807, 2.05) is 0 Å². The Bertz CT molecular complexity index is 508. The van der Waals surface area contributed by atoms with Gasteiger partial charge in [0.1, 0.15) is 25.6 Å². The Balaban J connectivity index is 3.29. The molecule has 0 rings (SSSR count). The van der Waals surface area contributed by atoms with E-state index in [0.717, 1.165) is 0 Å². The topological polar surface area (TPSA) is 136 Å². The molecule has 0 bridgehead atoms. The minimum Gasteiger partial charge on any atom is -0.379 e. The second-order valence-corrected chi connectivity index (χ2v) is 7.49. The van der Waals surface area contributed by atoms with Crippen LogP contribution in [0.25, 0.3) is 0 Å². The average molecular weight is 492 g/mol. The molecule has 0 aromatic carbocycles. The van der Waals surface area contributed by atoms with Gasteiger partial charge in [-0.3, -0.25) is 14.4 Å². The minimum atomic E-state index is -0.241. The van der Waals surface area contributed by atoms with Crippen molar-refractivity contribution in [2.75, 3.05) is 85.8 Å². The molecule has 0 spiro atoms. The van der Waals surface area contributed by atoms with Crippen LogP contribution in [0.3, 0.4) is 0 Å². The van der Waals surface area contributed by atoms with E-state index in [9.17, 15) is 19.2 Å². The highest BCUT2D eigenvalue weighted by Gasteiger charge is 2.03. The number of Topliss-reactive ketones (excluding diaryl/α,β-unsaturated/α-hetero) is 3. The van der Waals surface area contributed by atoms with Crippen molar-refractivity contribution in [1.29, 1.82) is 0 Å². The lowest BCUT2D eigenvalue weighted by Crippen LogP contribution is -2.31. The molecule has 0 saturated carbocycles. The Morgan fingerprint density at radius 1 is 0.529 bits per heavy atom. The second-order valence-electron chi connectivity index (χ2n) is 7.49. The number of amides is 1. The Labute approximate surface area is 202 Å². The summed E-state index contributed by atoms with van der Waals surface area (Å²) in [5.74, 6) is -0.135. The van der Waals surface area contributed by atoms with Gasteiger partial charge in [-0.05, 0) is 26.7 Å². The smallest absolute Gasteiger partial charge is 0.246 e. The standard InChI is InChI=1S/C23H41NO10/c1-20(25)5-3-8-29-12-16-34-19-23(28)24-7-10-31-13-15-33-18-22(27)6-4-9-30-11-14-32-17-21(2)26/h3-19H2,1-2H3,(H,24,28). The summed E-state index contributed by atoms with van der Waals surface area (Å²) in [7, 11) is 0. The molecule has 0 aliphatic heterocycles. The van der Waals surface area contributed by atoms with Gasteiger partial charge in [0.15, 0.2) is 11.6 Å². The first-order valence-corrected chi connectivity index (χ1v) is 11.7. The van der Waals surface area contributed by atoms with Crippen molar-refractivity contribution in [2.45, 2.75) is 39.5 Å². The summed E-state index contributed by atoms with van der Waals surface area (Å²) in [6, 6.07) is 0. The highest BCUT2D eigenvalue weighted by atomic mass is 16.5. The molecular formula is C23H41NO10. The van der Waals surface area contributed by atoms with Gasteiger partial charge in [-0.1, -0.05) is 0 Å². The largest absolute Gasteiger partial charge is 0.379 e. The molecule has 0 aliphatic carbocycles. The fraction of sp³-hybridized carbons (Fsp3) is 0.826. The van der Waals surface area contributed by atoms with Crippen molar-refractivity contribution < 1.29 is 47.6 Å². The van der Waals surface area contributed by atoms with E-state index in [2.05, 4.69) is 5.32 Å². The van der Waals surface area contributed by atoms with E-state index >= 15 is 0 Å². The molecule has 0 aromatic heterocycles. The quantitative estimate of drug-likeness (QED) is 0.170. The lowest BCUT2D eigenvalue weighted by atomic mass is 10.2. The molecule has 0 aliphatic rings. The summed E-state index contributed by atoms with van der Waals surface area (Å²) in [6.07, 6.45) is 2.17. The fourth-order valence-corrected chi connectivity index (χ4v) is 2.41. The first-order chi connectivity index (χ1) is 16.4. The van der Waals surface area contributed by atoms with Gasteiger partial charge in [0.25, 0.3) is 0 Å². The molecule has 0 fully saturated rings. The summed E-state index contributed by atoms with van der Waals surface area (Å²) in [4.78, 5) is 44.8. The molecule has 11 heteroatoms. The first-order valence-electron chi connectivity index (χ1n) is 11.7. The average Bonchev–Trinajstić information content (AvgIpc) is 2.78. The number of carbonyl (C=O) groups excluding carboxylic acids is 4. The molecule has 0 radical (unpaired) electrons. The predicted molar refractivity (Wildman–Crippen MR) is 123 cm³/mol. The molecule has 0 atom stereocenters. The predicted octanol–water partition coefficient (Wildman–Crippen LogP) is 0.510. The van der Waals surface area contributed by atoms with Crippen molar-refractivity contribution in [3.63, 3.8) is 0 Å². The number of ether oxygens (including phenoxy) is 6. The van der Waals surface area contributed by atoms with Crippen LogP contribution in [0.5, 0.6) is 0 Å². The van der Waals surface area contributed by atoms with Crippen LogP contribution >= 0.6 is 0 Å². The highest BCUT2D eigenvalue weighted by Crippen LogP contribution is 1.94. The third-order valence-corrected chi connectivity index (χ3v) is 4.05. The zero-order valence-corrected chi connectivity index (χ0v) is 20.6. The number of carbonyl (C=O) groups is 4. The van der Waals surface area contributed by atoms with Gasteiger partial charge in [-0.2, -0.15) is 0 Å². The minimum absolute atomic E-state index is 0.00912. The van der Waals surface area contributed by atoms with Crippen LogP contribution < -0.4 is 5.32 Å².